The minimum absolute atomic E-state index is 0.919. The molecule has 0 aliphatic carbocycles. The van der Waals surface area contributed by atoms with Crippen LogP contribution in [0.15, 0.2) is 182 Å². The number of aromatic nitrogens is 3. The van der Waals surface area contributed by atoms with Gasteiger partial charge in [-0.25, -0.2) is 9.97 Å². The first-order chi connectivity index (χ1) is 25.2. The average molecular weight is 652 g/mol. The summed E-state index contributed by atoms with van der Waals surface area (Å²) in [4.78, 5) is 15.3. The van der Waals surface area contributed by atoms with Gasteiger partial charge in [-0.15, -0.1) is 0 Å². The molecule has 0 unspecified atom stereocenters. The van der Waals surface area contributed by atoms with Crippen molar-refractivity contribution < 1.29 is 0 Å². The van der Waals surface area contributed by atoms with Gasteiger partial charge < -0.3 is 0 Å². The molecule has 3 heteroatoms. The molecule has 3 aromatic heterocycles. The summed E-state index contributed by atoms with van der Waals surface area (Å²) in [6.45, 7) is 2.06. The van der Waals surface area contributed by atoms with E-state index in [0.717, 1.165) is 78.0 Å². The Hall–Kier alpha value is -6.71. The van der Waals surface area contributed by atoms with Crippen molar-refractivity contribution in [2.75, 3.05) is 0 Å². The van der Waals surface area contributed by atoms with E-state index in [4.69, 9.17) is 15.0 Å². The molecule has 0 fully saturated rings. The molecular weight excluding hydrogens is 619 g/mol. The highest BCUT2D eigenvalue weighted by molar-refractivity contribution is 6.08. The molecule has 0 atom stereocenters. The van der Waals surface area contributed by atoms with Crippen molar-refractivity contribution in [3.05, 3.63) is 188 Å². The summed E-state index contributed by atoms with van der Waals surface area (Å²) in [6, 6.07) is 63.9. The Morgan fingerprint density at radius 1 is 0.314 bits per heavy atom. The molecule has 3 nitrogen and oxygen atoms in total. The van der Waals surface area contributed by atoms with Gasteiger partial charge in [0.05, 0.1) is 28.1 Å². The average Bonchev–Trinajstić information content (AvgIpc) is 3.21. The highest BCUT2D eigenvalue weighted by atomic mass is 14.8. The highest BCUT2D eigenvalue weighted by Crippen LogP contribution is 2.35. The van der Waals surface area contributed by atoms with Gasteiger partial charge >= 0.3 is 0 Å². The van der Waals surface area contributed by atoms with Gasteiger partial charge in [0.15, 0.2) is 0 Å². The molecule has 0 saturated heterocycles. The number of benzene rings is 6. The number of rotatable bonds is 6. The van der Waals surface area contributed by atoms with Gasteiger partial charge in [0, 0.05) is 33.2 Å². The zero-order valence-corrected chi connectivity index (χ0v) is 28.2. The number of hydrogen-bond donors (Lipinski definition) is 0. The maximum atomic E-state index is 5.20. The molecule has 0 saturated carbocycles. The maximum absolute atomic E-state index is 5.20. The Balaban J connectivity index is 1.07. The molecule has 240 valence electrons. The summed E-state index contributed by atoms with van der Waals surface area (Å²) in [5.74, 6) is 0. The monoisotopic (exact) mass is 651 g/mol. The number of aryl methyl sites for hydroxylation is 1. The van der Waals surface area contributed by atoms with Gasteiger partial charge in [-0.3, -0.25) is 4.98 Å². The van der Waals surface area contributed by atoms with E-state index in [1.165, 1.54) is 16.7 Å². The molecule has 6 aromatic carbocycles. The van der Waals surface area contributed by atoms with Crippen molar-refractivity contribution in [2.45, 2.75) is 6.92 Å². The van der Waals surface area contributed by atoms with Gasteiger partial charge in [0.1, 0.15) is 0 Å². The molecule has 0 amide bonds. The van der Waals surface area contributed by atoms with E-state index in [1.807, 2.05) is 6.07 Å². The molecule has 0 spiro atoms. The molecule has 0 aliphatic heterocycles. The lowest BCUT2D eigenvalue weighted by Gasteiger charge is -2.12. The molecule has 9 rings (SSSR count). The Morgan fingerprint density at radius 2 is 0.863 bits per heavy atom. The van der Waals surface area contributed by atoms with Crippen LogP contribution in [0.1, 0.15) is 5.69 Å². The normalized spacial score (nSPS) is 11.2. The fourth-order valence-corrected chi connectivity index (χ4v) is 6.94. The first-order valence-electron chi connectivity index (χ1n) is 17.3. The van der Waals surface area contributed by atoms with E-state index in [2.05, 4.69) is 183 Å². The predicted molar refractivity (Wildman–Crippen MR) is 212 cm³/mol. The van der Waals surface area contributed by atoms with Crippen LogP contribution in [0.2, 0.25) is 0 Å². The van der Waals surface area contributed by atoms with Crippen LogP contribution in [0.25, 0.3) is 89.0 Å². The van der Waals surface area contributed by atoms with Crippen molar-refractivity contribution >= 4 is 21.8 Å². The standard InChI is InChI=1S/C48H33N3/c1-32-28-43(35-14-7-3-8-15-35)42-26-24-38-25-27-44(51-47(38)48(42)49-32)37-22-20-34(21-23-37)39-18-11-19-40(29-39)46-31-41(33-12-5-2-6-13-33)30-45(50-46)36-16-9-4-10-17-36/h2-31H,1H3. The number of nitrogens with zero attached hydrogens (tertiary/aromatic N) is 3. The molecule has 9 aromatic rings. The van der Waals surface area contributed by atoms with Crippen LogP contribution in [-0.2, 0) is 0 Å². The summed E-state index contributed by atoms with van der Waals surface area (Å²) < 4.78 is 0. The molecule has 0 bridgehead atoms. The minimum atomic E-state index is 0.919. The fraction of sp³-hybridized carbons (Fsp3) is 0.0208. The Bertz CT molecular complexity index is 2610. The molecule has 3 heterocycles. The van der Waals surface area contributed by atoms with E-state index in [0.29, 0.717) is 0 Å². The van der Waals surface area contributed by atoms with Crippen LogP contribution < -0.4 is 0 Å². The van der Waals surface area contributed by atoms with Crippen LogP contribution in [0.4, 0.5) is 0 Å². The van der Waals surface area contributed by atoms with Crippen molar-refractivity contribution in [2.24, 2.45) is 0 Å². The molecule has 0 N–H and O–H groups in total. The van der Waals surface area contributed by atoms with E-state index in [-0.39, 0.29) is 0 Å². The van der Waals surface area contributed by atoms with Crippen molar-refractivity contribution in [1.82, 2.24) is 15.0 Å². The fourth-order valence-electron chi connectivity index (χ4n) is 6.94. The van der Waals surface area contributed by atoms with Crippen molar-refractivity contribution in [3.63, 3.8) is 0 Å². The van der Waals surface area contributed by atoms with E-state index in [9.17, 15) is 0 Å². The van der Waals surface area contributed by atoms with Gasteiger partial charge in [-0.1, -0.05) is 152 Å². The van der Waals surface area contributed by atoms with Crippen LogP contribution in [0, 0.1) is 6.92 Å². The van der Waals surface area contributed by atoms with E-state index >= 15 is 0 Å². The maximum Gasteiger partial charge on any atom is 0.0974 e. The topological polar surface area (TPSA) is 38.7 Å². The first-order valence-corrected chi connectivity index (χ1v) is 17.3. The summed E-state index contributed by atoms with van der Waals surface area (Å²) in [7, 11) is 0. The second-order valence-corrected chi connectivity index (χ2v) is 12.9. The zero-order chi connectivity index (χ0) is 34.1. The third kappa shape index (κ3) is 5.96. The summed E-state index contributed by atoms with van der Waals surface area (Å²) in [5.41, 5.74) is 15.8. The lowest BCUT2D eigenvalue weighted by atomic mass is 9.97. The third-order valence-corrected chi connectivity index (χ3v) is 9.53. The van der Waals surface area contributed by atoms with Gasteiger partial charge in [0.25, 0.3) is 0 Å². The van der Waals surface area contributed by atoms with Gasteiger partial charge in [-0.2, -0.15) is 0 Å². The predicted octanol–water partition coefficient (Wildman–Crippen LogP) is 12.5. The van der Waals surface area contributed by atoms with Crippen LogP contribution in [0.3, 0.4) is 0 Å². The summed E-state index contributed by atoms with van der Waals surface area (Å²) >= 11 is 0. The summed E-state index contributed by atoms with van der Waals surface area (Å²) in [5, 5.41) is 2.19. The summed E-state index contributed by atoms with van der Waals surface area (Å²) in [6.07, 6.45) is 0. The lowest BCUT2D eigenvalue weighted by molar-refractivity contribution is 1.25. The highest BCUT2D eigenvalue weighted by Gasteiger charge is 2.13. The minimum Gasteiger partial charge on any atom is -0.251 e. The van der Waals surface area contributed by atoms with Crippen LogP contribution in [-0.4, -0.2) is 15.0 Å². The van der Waals surface area contributed by atoms with Crippen LogP contribution in [0.5, 0.6) is 0 Å². The van der Waals surface area contributed by atoms with Gasteiger partial charge in [-0.05, 0) is 70.6 Å². The largest absolute Gasteiger partial charge is 0.251 e. The molecule has 51 heavy (non-hydrogen) atoms. The Kier molecular flexibility index (Phi) is 7.71. The SMILES string of the molecule is Cc1cc(-c2ccccc2)c2ccc3ccc(-c4ccc(-c5cccc(-c6cc(-c7ccccc7)cc(-c7ccccc7)n6)c5)cc4)nc3c2n1. The van der Waals surface area contributed by atoms with Crippen molar-refractivity contribution in [1.29, 1.82) is 0 Å². The molecule has 0 radical (unpaired) electrons. The molecule has 0 aliphatic rings. The second-order valence-electron chi connectivity index (χ2n) is 12.9. The Labute approximate surface area is 297 Å². The quantitative estimate of drug-likeness (QED) is 0.168. The first kappa shape index (κ1) is 30.4. The van der Waals surface area contributed by atoms with E-state index in [1.54, 1.807) is 0 Å². The third-order valence-electron chi connectivity index (χ3n) is 9.53. The zero-order valence-electron chi connectivity index (χ0n) is 28.2. The van der Waals surface area contributed by atoms with Gasteiger partial charge in [0.2, 0.25) is 0 Å². The lowest BCUT2D eigenvalue weighted by Crippen LogP contribution is -1.93. The molecular formula is C48H33N3. The Morgan fingerprint density at radius 3 is 1.59 bits per heavy atom. The number of fused-ring (bicyclic) bond motifs is 3. The smallest absolute Gasteiger partial charge is 0.0974 e. The number of hydrogen-bond acceptors (Lipinski definition) is 3. The second kappa shape index (κ2) is 13.0. The van der Waals surface area contributed by atoms with E-state index < -0.39 is 0 Å². The van der Waals surface area contributed by atoms with Crippen LogP contribution >= 0.6 is 0 Å². The number of pyridine rings is 3. The van der Waals surface area contributed by atoms with Crippen molar-refractivity contribution in [3.8, 4) is 67.2 Å².